The predicted octanol–water partition coefficient (Wildman–Crippen LogP) is 8.23. The van der Waals surface area contributed by atoms with Gasteiger partial charge in [-0.3, -0.25) is 9.80 Å². The number of aliphatic hydroxyl groups excluding tert-OH is 2. The van der Waals surface area contributed by atoms with Crippen LogP contribution in [0.5, 0.6) is 0 Å². The van der Waals surface area contributed by atoms with Gasteiger partial charge in [0.15, 0.2) is 0 Å². The Morgan fingerprint density at radius 1 is 0.750 bits per heavy atom. The maximum absolute atomic E-state index is 14.7. The highest BCUT2D eigenvalue weighted by molar-refractivity contribution is 5.65. The molecule has 7 nitrogen and oxygen atoms in total. The molecule has 4 aromatic rings. The van der Waals surface area contributed by atoms with Crippen molar-refractivity contribution >= 4 is 6.09 Å². The van der Waals surface area contributed by atoms with Crippen LogP contribution in [0.1, 0.15) is 67.2 Å². The van der Waals surface area contributed by atoms with E-state index in [9.17, 15) is 28.9 Å². The Balaban J connectivity index is 1.55. The van der Waals surface area contributed by atoms with Crippen LogP contribution < -0.4 is 0 Å². The third-order valence-corrected chi connectivity index (χ3v) is 10.2. The zero-order valence-corrected chi connectivity index (χ0v) is 29.8. The maximum Gasteiger partial charge on any atom is 0.407 e. The number of carboxylic acid groups (broad SMARTS) is 1. The van der Waals surface area contributed by atoms with Gasteiger partial charge in [-0.15, -0.1) is 0 Å². The van der Waals surface area contributed by atoms with E-state index in [4.69, 9.17) is 4.74 Å². The Hall–Kier alpha value is -4.15. The van der Waals surface area contributed by atoms with Crippen LogP contribution in [0, 0.1) is 17.6 Å². The monoisotopic (exact) mass is 714 g/mol. The zero-order valence-electron chi connectivity index (χ0n) is 29.8. The van der Waals surface area contributed by atoms with Crippen molar-refractivity contribution in [2.75, 3.05) is 13.2 Å². The Morgan fingerprint density at radius 3 is 1.81 bits per heavy atom. The van der Waals surface area contributed by atoms with Crippen molar-refractivity contribution in [2.24, 2.45) is 5.92 Å². The minimum Gasteiger partial charge on any atom is -0.465 e. The number of aliphatic hydroxyl groups is 2. The Bertz CT molecular complexity index is 1560. The minimum atomic E-state index is -1.29. The van der Waals surface area contributed by atoms with Crippen LogP contribution in [0.4, 0.5) is 13.6 Å². The largest absolute Gasteiger partial charge is 0.465 e. The smallest absolute Gasteiger partial charge is 0.407 e. The SMILES string of the molecule is O=C(O)N(C[C@@H](O)CCC1CCCCC1)[C@H](CO)[C@@H](OCc1ccccc1)[C@H](Cc1cc(F)cc(F)c1)N(Cc1ccccc1)Cc1ccccc1. The molecule has 1 fully saturated rings. The zero-order chi connectivity index (χ0) is 36.7. The Kier molecular flexibility index (Phi) is 15.2. The fraction of sp³-hybridized carbons (Fsp3) is 0.419. The first-order chi connectivity index (χ1) is 25.3. The molecule has 0 saturated heterocycles. The molecule has 52 heavy (non-hydrogen) atoms. The summed E-state index contributed by atoms with van der Waals surface area (Å²) < 4.78 is 36.2. The van der Waals surface area contributed by atoms with Gasteiger partial charge in [0.1, 0.15) is 11.6 Å². The summed E-state index contributed by atoms with van der Waals surface area (Å²) in [5.41, 5.74) is 3.16. The molecule has 1 amide bonds. The van der Waals surface area contributed by atoms with Crippen molar-refractivity contribution in [1.82, 2.24) is 9.80 Å². The summed E-state index contributed by atoms with van der Waals surface area (Å²) in [4.78, 5) is 16.3. The molecule has 0 aromatic heterocycles. The highest BCUT2D eigenvalue weighted by atomic mass is 19.1. The molecule has 278 valence electrons. The number of rotatable bonds is 19. The van der Waals surface area contributed by atoms with Gasteiger partial charge in [0, 0.05) is 25.2 Å². The molecule has 9 heteroatoms. The highest BCUT2D eigenvalue weighted by Gasteiger charge is 2.40. The Morgan fingerprint density at radius 2 is 1.29 bits per heavy atom. The van der Waals surface area contributed by atoms with Gasteiger partial charge in [-0.2, -0.15) is 0 Å². The molecular weight excluding hydrogens is 662 g/mol. The van der Waals surface area contributed by atoms with E-state index in [2.05, 4.69) is 4.90 Å². The molecule has 1 saturated carbocycles. The van der Waals surface area contributed by atoms with Crippen molar-refractivity contribution in [3.8, 4) is 0 Å². The van der Waals surface area contributed by atoms with Crippen molar-refractivity contribution in [3.05, 3.63) is 143 Å². The van der Waals surface area contributed by atoms with Crippen LogP contribution in [0.2, 0.25) is 0 Å². The summed E-state index contributed by atoms with van der Waals surface area (Å²) in [6, 6.07) is 30.6. The van der Waals surface area contributed by atoms with Gasteiger partial charge in [-0.25, -0.2) is 13.6 Å². The van der Waals surface area contributed by atoms with Gasteiger partial charge < -0.3 is 20.1 Å². The quantitative estimate of drug-likeness (QED) is 0.0907. The molecule has 5 rings (SSSR count). The summed E-state index contributed by atoms with van der Waals surface area (Å²) in [5.74, 6) is -0.932. The lowest BCUT2D eigenvalue weighted by atomic mass is 9.85. The van der Waals surface area contributed by atoms with Crippen LogP contribution in [0.25, 0.3) is 0 Å². The van der Waals surface area contributed by atoms with E-state index in [0.29, 0.717) is 31.0 Å². The number of halogens is 2. The average Bonchev–Trinajstić information content (AvgIpc) is 3.15. The summed E-state index contributed by atoms with van der Waals surface area (Å²) in [6.45, 7) is 0.0896. The second-order valence-corrected chi connectivity index (χ2v) is 14.1. The molecule has 3 N–H and O–H groups in total. The van der Waals surface area contributed by atoms with Crippen LogP contribution in [-0.2, 0) is 30.9 Å². The van der Waals surface area contributed by atoms with Crippen molar-refractivity contribution < 1.29 is 33.6 Å². The molecule has 0 aliphatic heterocycles. The summed E-state index contributed by atoms with van der Waals surface area (Å²) in [6.07, 6.45) is 3.92. The lowest BCUT2D eigenvalue weighted by molar-refractivity contribution is -0.0876. The summed E-state index contributed by atoms with van der Waals surface area (Å²) in [7, 11) is 0. The Labute approximate surface area is 306 Å². The first kappa shape index (κ1) is 39.1. The molecular formula is C43H52F2N2O5. The van der Waals surface area contributed by atoms with E-state index >= 15 is 0 Å². The first-order valence-corrected chi connectivity index (χ1v) is 18.5. The molecule has 0 spiro atoms. The van der Waals surface area contributed by atoms with Crippen LogP contribution in [0.3, 0.4) is 0 Å². The third kappa shape index (κ3) is 12.0. The van der Waals surface area contributed by atoms with Gasteiger partial charge in [0.2, 0.25) is 0 Å². The average molecular weight is 715 g/mol. The molecule has 4 aromatic carbocycles. The number of ether oxygens (including phenoxy) is 1. The number of carbonyl (C=O) groups is 1. The molecule has 4 atom stereocenters. The fourth-order valence-electron chi connectivity index (χ4n) is 7.55. The number of benzene rings is 4. The van der Waals surface area contributed by atoms with E-state index in [1.54, 1.807) is 0 Å². The van der Waals surface area contributed by atoms with Gasteiger partial charge >= 0.3 is 6.09 Å². The second-order valence-electron chi connectivity index (χ2n) is 14.1. The third-order valence-electron chi connectivity index (χ3n) is 10.2. The first-order valence-electron chi connectivity index (χ1n) is 18.5. The fourth-order valence-corrected chi connectivity index (χ4v) is 7.55. The number of hydrogen-bond acceptors (Lipinski definition) is 5. The van der Waals surface area contributed by atoms with E-state index < -0.39 is 48.6 Å². The highest BCUT2D eigenvalue weighted by Crippen LogP contribution is 2.29. The summed E-state index contributed by atoms with van der Waals surface area (Å²) >= 11 is 0. The topological polar surface area (TPSA) is 93.5 Å². The van der Waals surface area contributed by atoms with Crippen molar-refractivity contribution in [1.29, 1.82) is 0 Å². The summed E-state index contributed by atoms with van der Waals surface area (Å²) in [5, 5.41) is 33.0. The van der Waals surface area contributed by atoms with Gasteiger partial charge in [-0.1, -0.05) is 123 Å². The van der Waals surface area contributed by atoms with Crippen molar-refractivity contribution in [2.45, 2.75) is 95.4 Å². The van der Waals surface area contributed by atoms with Gasteiger partial charge in [-0.05, 0) is 59.6 Å². The van der Waals surface area contributed by atoms with E-state index in [-0.39, 0.29) is 19.6 Å². The minimum absolute atomic E-state index is 0.0853. The van der Waals surface area contributed by atoms with Gasteiger partial charge in [0.25, 0.3) is 0 Å². The van der Waals surface area contributed by atoms with Gasteiger partial charge in [0.05, 0.1) is 38.0 Å². The van der Waals surface area contributed by atoms with Crippen LogP contribution in [0.15, 0.2) is 109 Å². The number of hydrogen-bond donors (Lipinski definition) is 3. The van der Waals surface area contributed by atoms with Crippen molar-refractivity contribution in [3.63, 3.8) is 0 Å². The normalized spacial score (nSPS) is 15.9. The second kappa shape index (κ2) is 20.2. The van der Waals surface area contributed by atoms with E-state index in [1.165, 1.54) is 31.4 Å². The molecule has 1 aliphatic carbocycles. The lowest BCUT2D eigenvalue weighted by Gasteiger charge is -2.43. The molecule has 0 heterocycles. The standard InChI is InChI=1S/C43H52F2N2O5/c44-37-23-36(24-38(45)26-37)25-40(46(27-33-15-7-2-8-16-33)28-34-17-9-3-10-18-34)42(52-31-35-19-11-4-12-20-35)41(30-48)47(43(50)51)29-39(49)22-21-32-13-5-1-6-14-32/h2-4,7-12,15-20,23-24,26,32,39-42,48-49H,1,5-6,13-14,21-22,25,27-31H2,(H,50,51)/t39-,40-,41+,42-/m0/s1. The molecule has 0 bridgehead atoms. The van der Waals surface area contributed by atoms with Crippen LogP contribution >= 0.6 is 0 Å². The van der Waals surface area contributed by atoms with E-state index in [1.807, 2.05) is 91.0 Å². The maximum atomic E-state index is 14.7. The molecule has 0 unspecified atom stereocenters. The predicted molar refractivity (Wildman–Crippen MR) is 198 cm³/mol. The number of nitrogens with zero attached hydrogens (tertiary/aromatic N) is 2. The lowest BCUT2D eigenvalue weighted by Crippen LogP contribution is -2.59. The number of amides is 1. The molecule has 0 radical (unpaired) electrons. The molecule has 1 aliphatic rings. The van der Waals surface area contributed by atoms with E-state index in [0.717, 1.165) is 46.9 Å². The van der Waals surface area contributed by atoms with Crippen LogP contribution in [-0.4, -0.2) is 68.7 Å².